The van der Waals surface area contributed by atoms with Crippen molar-refractivity contribution in [2.24, 2.45) is 0 Å². The number of aromatic nitrogens is 3. The van der Waals surface area contributed by atoms with Gasteiger partial charge in [0.1, 0.15) is 11.6 Å². The first kappa shape index (κ1) is 30.7. The summed E-state index contributed by atoms with van der Waals surface area (Å²) in [6.07, 6.45) is 1.52. The summed E-state index contributed by atoms with van der Waals surface area (Å²) in [5.41, 5.74) is 8.33. The first-order chi connectivity index (χ1) is 34.5. The number of hydrogen-bond acceptors (Lipinski definition) is 3. The summed E-state index contributed by atoms with van der Waals surface area (Å²) in [6.45, 7) is 15.9. The Morgan fingerprint density at radius 2 is 1.29 bits per heavy atom. The third kappa shape index (κ3) is 8.61. The van der Waals surface area contributed by atoms with E-state index < -0.39 is 60.6 Å². The topological polar surface area (TPSA) is 50.9 Å². The van der Waals surface area contributed by atoms with Crippen LogP contribution >= 0.6 is 0 Å². The molecule has 0 saturated heterocycles. The second-order valence-electron chi connectivity index (χ2n) is 19.1. The Morgan fingerprint density at radius 1 is 0.619 bits per heavy atom. The van der Waals surface area contributed by atoms with E-state index in [1.165, 1.54) is 6.20 Å². The van der Waals surface area contributed by atoms with Gasteiger partial charge in [-0.05, 0) is 153 Å². The summed E-state index contributed by atoms with van der Waals surface area (Å²) in [5.74, 6) is -1.71. The van der Waals surface area contributed by atoms with E-state index in [1.807, 2.05) is 78.2 Å². The maximum atomic E-state index is 12.1. The van der Waals surface area contributed by atoms with Crippen LogP contribution in [-0.2, 0) is 10.8 Å². The Labute approximate surface area is 392 Å². The third-order valence-corrected chi connectivity index (χ3v) is 11.8. The minimum atomic E-state index is -2.86. The average Bonchev–Trinajstić information content (AvgIpc) is 3.69. The molecule has 2 aromatic heterocycles. The van der Waals surface area contributed by atoms with Crippen molar-refractivity contribution in [2.45, 2.75) is 112 Å². The molecule has 0 fully saturated rings. The molecule has 0 atom stereocenters. The van der Waals surface area contributed by atoms with Crippen molar-refractivity contribution in [3.8, 4) is 67.5 Å². The van der Waals surface area contributed by atoms with E-state index in [0.29, 0.717) is 78.3 Å². The molecule has 1 N–H and O–H groups in total. The van der Waals surface area contributed by atoms with Crippen molar-refractivity contribution in [3.63, 3.8) is 0 Å². The number of benzene rings is 6. The van der Waals surface area contributed by atoms with Gasteiger partial charge in [-0.15, -0.1) is 0 Å². The van der Waals surface area contributed by atoms with E-state index in [4.69, 9.17) is 26.4 Å². The number of imidazole rings is 1. The second kappa shape index (κ2) is 16.5. The molecular formula is C59H63N3O. The van der Waals surface area contributed by atoms with Gasteiger partial charge in [-0.1, -0.05) is 148 Å². The fraction of sp³-hybridized carbons (Fsp3) is 0.288. The molecule has 0 aliphatic heterocycles. The molecule has 0 aliphatic carbocycles. The van der Waals surface area contributed by atoms with Gasteiger partial charge < -0.3 is 5.11 Å². The molecule has 0 saturated carbocycles. The molecule has 0 amide bonds. The highest BCUT2D eigenvalue weighted by Gasteiger charge is 2.26. The summed E-state index contributed by atoms with van der Waals surface area (Å²) in [6, 6.07) is 27.5. The minimum Gasteiger partial charge on any atom is -0.507 e. The normalized spacial score (nSPS) is 15.7. The van der Waals surface area contributed by atoms with Gasteiger partial charge in [-0.2, -0.15) is 0 Å². The number of fused-ring (bicyclic) bond motifs is 1. The monoisotopic (exact) mass is 842 g/mol. The Balaban J connectivity index is 1.41. The van der Waals surface area contributed by atoms with Crippen LogP contribution < -0.4 is 0 Å². The van der Waals surface area contributed by atoms with Crippen LogP contribution in [0.1, 0.15) is 136 Å². The number of aryl methyl sites for hydroxylation is 2. The molecule has 6 aromatic carbocycles. The zero-order valence-electron chi connectivity index (χ0n) is 50.1. The average molecular weight is 842 g/mol. The van der Waals surface area contributed by atoms with Gasteiger partial charge in [-0.3, -0.25) is 9.55 Å². The number of rotatable bonds is 8. The number of phenols is 1. The molecule has 0 bridgehead atoms. The maximum Gasteiger partial charge on any atom is 0.149 e. The van der Waals surface area contributed by atoms with E-state index in [0.717, 1.165) is 16.7 Å². The molecule has 8 rings (SSSR count). The third-order valence-electron chi connectivity index (χ3n) is 11.8. The van der Waals surface area contributed by atoms with Crippen LogP contribution in [0.25, 0.3) is 72.7 Å². The van der Waals surface area contributed by atoms with Crippen molar-refractivity contribution >= 4 is 11.0 Å². The highest BCUT2D eigenvalue weighted by atomic mass is 16.3. The van der Waals surface area contributed by atoms with Gasteiger partial charge in [0.05, 0.1) is 33.5 Å². The zero-order chi connectivity index (χ0) is 55.4. The van der Waals surface area contributed by atoms with Gasteiger partial charge in [0.2, 0.25) is 0 Å². The lowest BCUT2D eigenvalue weighted by Gasteiger charge is -2.22. The predicted molar refractivity (Wildman–Crippen MR) is 267 cm³/mol. The number of nitrogens with zero attached hydrogens (tertiary/aromatic N) is 3. The molecule has 0 unspecified atom stereocenters. The number of hydrogen-bond donors (Lipinski definition) is 1. The first-order valence-electron chi connectivity index (χ1n) is 27.4. The Bertz CT molecular complexity index is 3520. The maximum absolute atomic E-state index is 12.1. The van der Waals surface area contributed by atoms with Gasteiger partial charge in [0, 0.05) is 28.3 Å². The van der Waals surface area contributed by atoms with Crippen LogP contribution in [0, 0.1) is 20.6 Å². The fourth-order valence-corrected chi connectivity index (χ4v) is 7.99. The van der Waals surface area contributed by atoms with Crippen LogP contribution in [0.3, 0.4) is 0 Å². The summed E-state index contributed by atoms with van der Waals surface area (Å²) in [7, 11) is 0. The Kier molecular flexibility index (Phi) is 8.03. The summed E-state index contributed by atoms with van der Waals surface area (Å²) in [4.78, 5) is 10.1. The van der Waals surface area contributed by atoms with Crippen LogP contribution in [0.2, 0.25) is 0 Å². The van der Waals surface area contributed by atoms with Crippen molar-refractivity contribution in [1.82, 2.24) is 14.5 Å². The van der Waals surface area contributed by atoms with Crippen LogP contribution in [0.5, 0.6) is 5.75 Å². The molecule has 4 heteroatoms. The molecule has 0 radical (unpaired) electrons. The second-order valence-corrected chi connectivity index (χ2v) is 19.1. The van der Waals surface area contributed by atoms with E-state index in [9.17, 15) is 5.11 Å². The molecule has 4 nitrogen and oxygen atoms in total. The van der Waals surface area contributed by atoms with Gasteiger partial charge >= 0.3 is 0 Å². The smallest absolute Gasteiger partial charge is 0.149 e. The van der Waals surface area contributed by atoms with E-state index in [1.54, 1.807) is 52.0 Å². The van der Waals surface area contributed by atoms with Crippen molar-refractivity contribution < 1.29 is 21.6 Å². The van der Waals surface area contributed by atoms with Crippen LogP contribution in [0.4, 0.5) is 0 Å². The summed E-state index contributed by atoms with van der Waals surface area (Å²) >= 11 is 0. The predicted octanol–water partition coefficient (Wildman–Crippen LogP) is 16.2. The quantitative estimate of drug-likeness (QED) is 0.166. The van der Waals surface area contributed by atoms with Crippen molar-refractivity contribution in [2.75, 3.05) is 0 Å². The van der Waals surface area contributed by atoms with E-state index in [-0.39, 0.29) is 22.3 Å². The van der Waals surface area contributed by atoms with E-state index in [2.05, 4.69) is 47.6 Å². The highest BCUT2D eigenvalue weighted by Crippen LogP contribution is 2.43. The number of para-hydroxylation sites is 1. The van der Waals surface area contributed by atoms with Gasteiger partial charge in [-0.25, -0.2) is 4.98 Å². The zero-order valence-corrected chi connectivity index (χ0v) is 38.1. The lowest BCUT2D eigenvalue weighted by Crippen LogP contribution is -2.12. The minimum absolute atomic E-state index is 0.00807. The standard InChI is InChI=1S/C59H63N3O/c1-35(2)43-27-44(36(3)4)29-45(28-43)41-21-22-53(38(6)25-41)62-54-16-14-15-50(55(54)61-57(62)51-34-48(58(8,9)10)26-39(7)56(51)63)46-30-47(32-49(31-46)59(11,12)13)52-33-42(23-24-60-52)40-19-17-37(5)18-20-40/h14-36,63H,1-13H3/i5D3,6D3,17D,18D,19D,20D,35D,36D. The van der Waals surface area contributed by atoms with Crippen molar-refractivity contribution in [3.05, 3.63) is 166 Å². The molecule has 8 aromatic rings. The molecule has 0 spiro atoms. The first-order valence-corrected chi connectivity index (χ1v) is 21.4. The lowest BCUT2D eigenvalue weighted by atomic mass is 9.83. The fourth-order valence-electron chi connectivity index (χ4n) is 7.99. The molecule has 320 valence electrons. The van der Waals surface area contributed by atoms with Crippen LogP contribution in [-0.4, -0.2) is 19.6 Å². The van der Waals surface area contributed by atoms with Crippen molar-refractivity contribution in [1.29, 1.82) is 0 Å². The number of pyridine rings is 1. The summed E-state index contributed by atoms with van der Waals surface area (Å²) in [5, 5.41) is 12.1. The van der Waals surface area contributed by atoms with E-state index >= 15 is 0 Å². The number of phenolic OH excluding ortho intramolecular Hbond substituents is 1. The molecule has 0 aliphatic rings. The van der Waals surface area contributed by atoms with Gasteiger partial charge in [0.25, 0.3) is 0 Å². The molecular weight excluding hydrogens is 767 g/mol. The summed E-state index contributed by atoms with van der Waals surface area (Å²) < 4.78 is 105. The Hall–Kier alpha value is -6.26. The van der Waals surface area contributed by atoms with Gasteiger partial charge in [0.15, 0.2) is 0 Å². The molecule has 63 heavy (non-hydrogen) atoms. The Morgan fingerprint density at radius 3 is 1.94 bits per heavy atom. The lowest BCUT2D eigenvalue weighted by molar-refractivity contribution is 0.471. The molecule has 2 heterocycles. The largest absolute Gasteiger partial charge is 0.507 e. The highest BCUT2D eigenvalue weighted by molar-refractivity contribution is 5.97. The number of aromatic hydroxyl groups is 1. The SMILES string of the molecule is [2H]c1c([2H])c(C([2H])([2H])[2H])c([2H])c([2H])c1-c1ccnc(-c2cc(-c3cccc4c3nc(-c3cc(C(C)(C)C)cc(C)c3O)n4-c3ccc(-c4cc(C([2H])(C)C)cc(C([2H])(C)C)c4)cc3C([2H])([2H])[2H])cc(C(C)(C)C)c2)c1. The van der Waals surface area contributed by atoms with Crippen LogP contribution in [0.15, 0.2) is 127 Å².